The quantitative estimate of drug-likeness (QED) is 0.769. The van der Waals surface area contributed by atoms with E-state index in [1.165, 1.54) is 19.1 Å². The van der Waals surface area contributed by atoms with Crippen LogP contribution in [0.25, 0.3) is 0 Å². The molecule has 1 atom stereocenters. The van der Waals surface area contributed by atoms with Gasteiger partial charge in [-0.05, 0) is 50.6 Å². The minimum Gasteiger partial charge on any atom is -0.488 e. The third-order valence-electron chi connectivity index (χ3n) is 3.50. The monoisotopic (exact) mass is 359 g/mol. The van der Waals surface area contributed by atoms with Gasteiger partial charge in [-0.3, -0.25) is 4.79 Å². The molecule has 1 amide bonds. The van der Waals surface area contributed by atoms with E-state index in [9.17, 15) is 14.0 Å². The summed E-state index contributed by atoms with van der Waals surface area (Å²) in [5.74, 6) is -1.01. The molecule has 0 saturated carbocycles. The zero-order chi connectivity index (χ0) is 19.1. The van der Waals surface area contributed by atoms with E-state index < -0.39 is 12.1 Å². The van der Waals surface area contributed by atoms with Crippen LogP contribution in [0.5, 0.6) is 5.75 Å². The molecule has 0 bridgehead atoms. The number of esters is 1. The van der Waals surface area contributed by atoms with Gasteiger partial charge in [0.25, 0.3) is 5.91 Å². The third-order valence-corrected chi connectivity index (χ3v) is 3.50. The van der Waals surface area contributed by atoms with Crippen LogP contribution < -0.4 is 10.1 Å². The van der Waals surface area contributed by atoms with Crippen molar-refractivity contribution in [3.05, 3.63) is 65.5 Å². The van der Waals surface area contributed by atoms with Gasteiger partial charge in [0.1, 0.15) is 23.7 Å². The molecule has 5 nitrogen and oxygen atoms in total. The Kier molecular flexibility index (Phi) is 6.72. The molecule has 26 heavy (non-hydrogen) atoms. The summed E-state index contributed by atoms with van der Waals surface area (Å²) in [6.45, 7) is 5.33. The molecular weight excluding hydrogens is 337 g/mol. The van der Waals surface area contributed by atoms with Crippen molar-refractivity contribution in [3.8, 4) is 5.75 Å². The Balaban J connectivity index is 2.04. The molecule has 1 N–H and O–H groups in total. The lowest BCUT2D eigenvalue weighted by molar-refractivity contribution is -0.129. The summed E-state index contributed by atoms with van der Waals surface area (Å²) in [6, 6.07) is 12.5. The van der Waals surface area contributed by atoms with Gasteiger partial charge in [-0.1, -0.05) is 24.3 Å². The highest BCUT2D eigenvalue weighted by Crippen LogP contribution is 2.21. The fraction of sp³-hybridized carbons (Fsp3) is 0.300. The molecule has 0 heterocycles. The zero-order valence-corrected chi connectivity index (χ0v) is 15.0. The Morgan fingerprint density at radius 3 is 2.35 bits per heavy atom. The van der Waals surface area contributed by atoms with Gasteiger partial charge >= 0.3 is 5.97 Å². The smallest absolute Gasteiger partial charge is 0.342 e. The van der Waals surface area contributed by atoms with Gasteiger partial charge in [0.15, 0.2) is 6.10 Å². The van der Waals surface area contributed by atoms with Crippen LogP contribution in [0.4, 0.5) is 4.39 Å². The minimum absolute atomic E-state index is 0.0463. The van der Waals surface area contributed by atoms with E-state index in [1.807, 2.05) is 13.8 Å². The Labute approximate surface area is 152 Å². The first kappa shape index (κ1) is 19.4. The zero-order valence-electron chi connectivity index (χ0n) is 15.0. The Bertz CT molecular complexity index is 759. The van der Waals surface area contributed by atoms with Crippen molar-refractivity contribution in [2.75, 3.05) is 0 Å². The van der Waals surface area contributed by atoms with Gasteiger partial charge < -0.3 is 14.8 Å². The molecular formula is C20H22FNO4. The predicted octanol–water partition coefficient (Wildman–Crippen LogP) is 3.47. The van der Waals surface area contributed by atoms with Crippen molar-refractivity contribution in [1.29, 1.82) is 0 Å². The summed E-state index contributed by atoms with van der Waals surface area (Å²) in [6.07, 6.45) is -0.921. The van der Waals surface area contributed by atoms with E-state index in [4.69, 9.17) is 9.47 Å². The van der Waals surface area contributed by atoms with Crippen molar-refractivity contribution in [2.45, 2.75) is 39.5 Å². The SMILES string of the molecule is CC(C)NC(=O)C(C)OC(=O)c1ccccc1OCc1ccc(F)cc1. The molecule has 138 valence electrons. The maximum Gasteiger partial charge on any atom is 0.342 e. The van der Waals surface area contributed by atoms with E-state index in [1.54, 1.807) is 36.4 Å². The first-order chi connectivity index (χ1) is 12.4. The summed E-state index contributed by atoms with van der Waals surface area (Å²) in [7, 11) is 0. The van der Waals surface area contributed by atoms with Crippen LogP contribution in [-0.2, 0) is 16.1 Å². The first-order valence-corrected chi connectivity index (χ1v) is 8.34. The van der Waals surface area contributed by atoms with Crippen molar-refractivity contribution in [2.24, 2.45) is 0 Å². The summed E-state index contributed by atoms with van der Waals surface area (Å²) in [5, 5.41) is 2.69. The Hall–Kier alpha value is -2.89. The molecule has 2 rings (SSSR count). The highest BCUT2D eigenvalue weighted by atomic mass is 19.1. The van der Waals surface area contributed by atoms with Crippen molar-refractivity contribution >= 4 is 11.9 Å². The molecule has 0 aliphatic rings. The van der Waals surface area contributed by atoms with Crippen molar-refractivity contribution in [1.82, 2.24) is 5.32 Å². The largest absolute Gasteiger partial charge is 0.488 e. The number of rotatable bonds is 7. The number of nitrogens with one attached hydrogen (secondary N) is 1. The molecule has 0 spiro atoms. The standard InChI is InChI=1S/C20H22FNO4/c1-13(2)22-19(23)14(3)26-20(24)17-6-4-5-7-18(17)25-12-15-8-10-16(21)11-9-15/h4-11,13-14H,12H2,1-3H3,(H,22,23). The first-order valence-electron chi connectivity index (χ1n) is 8.34. The molecule has 0 aliphatic carbocycles. The van der Waals surface area contributed by atoms with Crippen molar-refractivity contribution in [3.63, 3.8) is 0 Å². The third kappa shape index (κ3) is 5.58. The molecule has 0 aliphatic heterocycles. The topological polar surface area (TPSA) is 64.6 Å². The van der Waals surface area contributed by atoms with E-state index >= 15 is 0 Å². The maximum atomic E-state index is 13.0. The molecule has 0 saturated heterocycles. The molecule has 0 aromatic heterocycles. The number of hydrogen-bond donors (Lipinski definition) is 1. The summed E-state index contributed by atoms with van der Waals surface area (Å²) >= 11 is 0. The Morgan fingerprint density at radius 1 is 1.04 bits per heavy atom. The van der Waals surface area contributed by atoms with Gasteiger partial charge in [0, 0.05) is 6.04 Å². The molecule has 6 heteroatoms. The van der Waals surface area contributed by atoms with Gasteiger partial charge in [0.2, 0.25) is 0 Å². The van der Waals surface area contributed by atoms with E-state index in [2.05, 4.69) is 5.32 Å². The second-order valence-electron chi connectivity index (χ2n) is 6.12. The molecule has 1 unspecified atom stereocenters. The number of carbonyl (C=O) groups excluding carboxylic acids is 2. The number of hydrogen-bond acceptors (Lipinski definition) is 4. The molecule has 2 aromatic rings. The summed E-state index contributed by atoms with van der Waals surface area (Å²) in [5.41, 5.74) is 0.984. The minimum atomic E-state index is -0.921. The molecule has 0 fully saturated rings. The predicted molar refractivity (Wildman–Crippen MR) is 95.3 cm³/mol. The lowest BCUT2D eigenvalue weighted by Crippen LogP contribution is -2.39. The lowest BCUT2D eigenvalue weighted by atomic mass is 10.2. The van der Waals surface area contributed by atoms with E-state index in [-0.39, 0.29) is 29.9 Å². The van der Waals surface area contributed by atoms with Gasteiger partial charge in [0.05, 0.1) is 0 Å². The van der Waals surface area contributed by atoms with Gasteiger partial charge in [-0.2, -0.15) is 0 Å². The Morgan fingerprint density at radius 2 is 1.69 bits per heavy atom. The highest BCUT2D eigenvalue weighted by Gasteiger charge is 2.21. The van der Waals surface area contributed by atoms with Crippen molar-refractivity contribution < 1.29 is 23.5 Å². The van der Waals surface area contributed by atoms with Gasteiger partial charge in [-0.25, -0.2) is 9.18 Å². The normalized spacial score (nSPS) is 11.7. The van der Waals surface area contributed by atoms with E-state index in [0.717, 1.165) is 5.56 Å². The fourth-order valence-electron chi connectivity index (χ4n) is 2.18. The number of amides is 1. The van der Waals surface area contributed by atoms with Crippen LogP contribution in [0, 0.1) is 5.82 Å². The lowest BCUT2D eigenvalue weighted by Gasteiger charge is -2.16. The van der Waals surface area contributed by atoms with Crippen LogP contribution >= 0.6 is 0 Å². The summed E-state index contributed by atoms with van der Waals surface area (Å²) < 4.78 is 23.8. The summed E-state index contributed by atoms with van der Waals surface area (Å²) in [4.78, 5) is 24.3. The fourth-order valence-corrected chi connectivity index (χ4v) is 2.18. The van der Waals surface area contributed by atoms with Crippen LogP contribution in [0.3, 0.4) is 0 Å². The molecule has 2 aromatic carbocycles. The number of ether oxygens (including phenoxy) is 2. The number of para-hydroxylation sites is 1. The highest BCUT2D eigenvalue weighted by molar-refractivity contribution is 5.94. The average molecular weight is 359 g/mol. The number of halogens is 1. The van der Waals surface area contributed by atoms with Crippen LogP contribution in [0.1, 0.15) is 36.7 Å². The van der Waals surface area contributed by atoms with Gasteiger partial charge in [-0.15, -0.1) is 0 Å². The van der Waals surface area contributed by atoms with E-state index in [0.29, 0.717) is 5.75 Å². The second-order valence-corrected chi connectivity index (χ2v) is 6.12. The average Bonchev–Trinajstić information content (AvgIpc) is 2.60. The number of benzene rings is 2. The maximum absolute atomic E-state index is 13.0. The van der Waals surface area contributed by atoms with Crippen LogP contribution in [0.15, 0.2) is 48.5 Å². The second kappa shape index (κ2) is 8.99. The van der Waals surface area contributed by atoms with Crippen LogP contribution in [0.2, 0.25) is 0 Å². The number of carbonyl (C=O) groups is 2. The van der Waals surface area contributed by atoms with Crippen LogP contribution in [-0.4, -0.2) is 24.0 Å². The molecule has 0 radical (unpaired) electrons.